The van der Waals surface area contributed by atoms with Crippen LogP contribution < -0.4 is 10.3 Å². The minimum atomic E-state index is -0.144. The monoisotopic (exact) mass is 285 g/mol. The Labute approximate surface area is 120 Å². The van der Waals surface area contributed by atoms with E-state index < -0.39 is 0 Å². The number of benzene rings is 2. The van der Waals surface area contributed by atoms with E-state index in [1.165, 1.54) is 0 Å². The second kappa shape index (κ2) is 5.02. The summed E-state index contributed by atoms with van der Waals surface area (Å²) in [5, 5.41) is 2.08. The third-order valence-electron chi connectivity index (χ3n) is 3.27. The van der Waals surface area contributed by atoms with E-state index in [2.05, 4.69) is 4.98 Å². The number of hydrogen-bond donors (Lipinski definition) is 1. The van der Waals surface area contributed by atoms with Crippen LogP contribution in [0.4, 0.5) is 0 Å². The van der Waals surface area contributed by atoms with E-state index in [0.717, 1.165) is 16.5 Å². The lowest BCUT2D eigenvalue weighted by molar-refractivity contribution is 0.415. The van der Waals surface area contributed by atoms with Gasteiger partial charge in [-0.05, 0) is 29.7 Å². The van der Waals surface area contributed by atoms with Gasteiger partial charge in [-0.15, -0.1) is 0 Å². The molecule has 1 N–H and O–H groups in total. The van der Waals surface area contributed by atoms with Gasteiger partial charge in [-0.2, -0.15) is 0 Å². The Balaban J connectivity index is 2.36. The maximum absolute atomic E-state index is 12.0. The topological polar surface area (TPSA) is 42.1 Å². The summed E-state index contributed by atoms with van der Waals surface area (Å²) in [6, 6.07) is 13.0. The van der Waals surface area contributed by atoms with E-state index in [4.69, 9.17) is 16.3 Å². The maximum atomic E-state index is 12.0. The number of methoxy groups -OCH3 is 1. The van der Waals surface area contributed by atoms with Gasteiger partial charge in [-0.1, -0.05) is 29.8 Å². The number of aromatic nitrogens is 1. The van der Waals surface area contributed by atoms with Crippen molar-refractivity contribution in [3.05, 3.63) is 64.0 Å². The average molecular weight is 286 g/mol. The van der Waals surface area contributed by atoms with Crippen molar-refractivity contribution < 1.29 is 4.74 Å². The average Bonchev–Trinajstić information content (AvgIpc) is 2.48. The predicted molar refractivity (Wildman–Crippen MR) is 81.6 cm³/mol. The van der Waals surface area contributed by atoms with E-state index in [-0.39, 0.29) is 5.56 Å². The van der Waals surface area contributed by atoms with Gasteiger partial charge in [0.05, 0.1) is 12.5 Å². The molecule has 3 rings (SSSR count). The molecule has 3 aromatic rings. The highest BCUT2D eigenvalue weighted by Gasteiger charge is 2.10. The number of halogens is 1. The summed E-state index contributed by atoms with van der Waals surface area (Å²) in [4.78, 5) is 14.7. The Hall–Kier alpha value is -2.26. The van der Waals surface area contributed by atoms with Crippen LogP contribution in [0.3, 0.4) is 0 Å². The van der Waals surface area contributed by atoms with E-state index >= 15 is 0 Å². The first-order valence-electron chi connectivity index (χ1n) is 6.15. The van der Waals surface area contributed by atoms with Crippen molar-refractivity contribution in [1.29, 1.82) is 0 Å². The lowest BCUT2D eigenvalue weighted by atomic mass is 10.0. The Morgan fingerprint density at radius 1 is 1.05 bits per heavy atom. The standard InChI is InChI=1S/C16H12ClNO2/c1-20-10-6-7-11-13(8-10)16(19)18-9-14(11)12-4-2-3-5-15(12)17/h2-9H,1H3,(H,18,19). The molecule has 0 aliphatic rings. The number of fused-ring (bicyclic) bond motifs is 1. The molecule has 0 saturated carbocycles. The first-order chi connectivity index (χ1) is 9.70. The number of ether oxygens (including phenoxy) is 1. The second-order valence-corrected chi connectivity index (χ2v) is 4.83. The van der Waals surface area contributed by atoms with Crippen LogP contribution in [-0.4, -0.2) is 12.1 Å². The lowest BCUT2D eigenvalue weighted by Gasteiger charge is -2.09. The maximum Gasteiger partial charge on any atom is 0.255 e. The Bertz CT molecular complexity index is 839. The fourth-order valence-electron chi connectivity index (χ4n) is 2.27. The smallest absolute Gasteiger partial charge is 0.255 e. The quantitative estimate of drug-likeness (QED) is 0.777. The molecule has 0 saturated heterocycles. The fourth-order valence-corrected chi connectivity index (χ4v) is 2.51. The van der Waals surface area contributed by atoms with Crippen molar-refractivity contribution in [2.24, 2.45) is 0 Å². The first kappa shape index (κ1) is 12.8. The molecule has 0 unspecified atom stereocenters. The molecule has 0 amide bonds. The van der Waals surface area contributed by atoms with Crippen molar-refractivity contribution in [3.8, 4) is 16.9 Å². The molecule has 0 bridgehead atoms. The number of nitrogens with one attached hydrogen (secondary N) is 1. The first-order valence-corrected chi connectivity index (χ1v) is 6.53. The highest BCUT2D eigenvalue weighted by Crippen LogP contribution is 2.32. The van der Waals surface area contributed by atoms with Gasteiger partial charge < -0.3 is 9.72 Å². The molecule has 0 aliphatic heterocycles. The molecule has 0 radical (unpaired) electrons. The Kier molecular flexibility index (Phi) is 3.20. The van der Waals surface area contributed by atoms with Crippen LogP contribution in [0.25, 0.3) is 21.9 Å². The summed E-state index contributed by atoms with van der Waals surface area (Å²) < 4.78 is 5.17. The molecule has 100 valence electrons. The molecule has 2 aromatic carbocycles. The minimum absolute atomic E-state index is 0.144. The third-order valence-corrected chi connectivity index (χ3v) is 3.60. The minimum Gasteiger partial charge on any atom is -0.497 e. The van der Waals surface area contributed by atoms with Crippen molar-refractivity contribution in [2.45, 2.75) is 0 Å². The van der Waals surface area contributed by atoms with Crippen molar-refractivity contribution in [3.63, 3.8) is 0 Å². The normalized spacial score (nSPS) is 10.7. The fraction of sp³-hybridized carbons (Fsp3) is 0.0625. The van der Waals surface area contributed by atoms with Gasteiger partial charge in [0.25, 0.3) is 5.56 Å². The summed E-state index contributed by atoms with van der Waals surface area (Å²) in [5.74, 6) is 0.652. The SMILES string of the molecule is COc1ccc2c(-c3ccccc3Cl)c[nH]c(=O)c2c1. The van der Waals surface area contributed by atoms with Gasteiger partial charge in [0, 0.05) is 22.3 Å². The number of rotatable bonds is 2. The van der Waals surface area contributed by atoms with Crippen LogP contribution in [0, 0.1) is 0 Å². The lowest BCUT2D eigenvalue weighted by Crippen LogP contribution is -2.06. The van der Waals surface area contributed by atoms with E-state index in [0.29, 0.717) is 16.2 Å². The number of aromatic amines is 1. The van der Waals surface area contributed by atoms with Crippen LogP contribution in [-0.2, 0) is 0 Å². The van der Waals surface area contributed by atoms with Gasteiger partial charge in [0.1, 0.15) is 5.75 Å². The molecule has 0 spiro atoms. The van der Waals surface area contributed by atoms with Gasteiger partial charge in [-0.25, -0.2) is 0 Å². The summed E-state index contributed by atoms with van der Waals surface area (Å²) in [6.45, 7) is 0. The molecule has 0 atom stereocenters. The predicted octanol–water partition coefficient (Wildman–Crippen LogP) is 3.86. The van der Waals surface area contributed by atoms with Crippen LogP contribution >= 0.6 is 11.6 Å². The van der Waals surface area contributed by atoms with Gasteiger partial charge in [0.15, 0.2) is 0 Å². The van der Waals surface area contributed by atoms with E-state index in [1.807, 2.05) is 36.4 Å². The summed E-state index contributed by atoms with van der Waals surface area (Å²) in [6.07, 6.45) is 1.69. The van der Waals surface area contributed by atoms with Crippen molar-refractivity contribution in [1.82, 2.24) is 4.98 Å². The molecule has 0 aliphatic carbocycles. The summed E-state index contributed by atoms with van der Waals surface area (Å²) in [7, 11) is 1.58. The van der Waals surface area contributed by atoms with Crippen LogP contribution in [0.2, 0.25) is 5.02 Å². The van der Waals surface area contributed by atoms with Crippen LogP contribution in [0.1, 0.15) is 0 Å². The Morgan fingerprint density at radius 2 is 1.85 bits per heavy atom. The summed E-state index contributed by atoms with van der Waals surface area (Å²) >= 11 is 6.24. The largest absolute Gasteiger partial charge is 0.497 e. The molecular formula is C16H12ClNO2. The molecule has 4 heteroatoms. The Morgan fingerprint density at radius 3 is 2.60 bits per heavy atom. The highest BCUT2D eigenvalue weighted by atomic mass is 35.5. The molecule has 1 heterocycles. The number of H-pyrrole nitrogens is 1. The molecule has 3 nitrogen and oxygen atoms in total. The van der Waals surface area contributed by atoms with Gasteiger partial charge in [0.2, 0.25) is 0 Å². The third kappa shape index (κ3) is 2.06. The zero-order valence-electron chi connectivity index (χ0n) is 10.8. The van der Waals surface area contributed by atoms with E-state index in [1.54, 1.807) is 19.4 Å². The number of pyridine rings is 1. The molecule has 0 fully saturated rings. The van der Waals surface area contributed by atoms with Crippen LogP contribution in [0.5, 0.6) is 5.75 Å². The summed E-state index contributed by atoms with van der Waals surface area (Å²) in [5.41, 5.74) is 1.64. The zero-order chi connectivity index (χ0) is 14.1. The second-order valence-electron chi connectivity index (χ2n) is 4.42. The molecule has 20 heavy (non-hydrogen) atoms. The highest BCUT2D eigenvalue weighted by molar-refractivity contribution is 6.33. The van der Waals surface area contributed by atoms with E-state index in [9.17, 15) is 4.79 Å². The van der Waals surface area contributed by atoms with Crippen LogP contribution in [0.15, 0.2) is 53.5 Å². The van der Waals surface area contributed by atoms with Gasteiger partial charge >= 0.3 is 0 Å². The molecular weight excluding hydrogens is 274 g/mol. The number of hydrogen-bond acceptors (Lipinski definition) is 2. The van der Waals surface area contributed by atoms with Crippen molar-refractivity contribution in [2.75, 3.05) is 7.11 Å². The zero-order valence-corrected chi connectivity index (χ0v) is 11.6. The van der Waals surface area contributed by atoms with Crippen molar-refractivity contribution >= 4 is 22.4 Å². The molecule has 1 aromatic heterocycles. The van der Waals surface area contributed by atoms with Gasteiger partial charge in [-0.3, -0.25) is 4.79 Å².